The van der Waals surface area contributed by atoms with Gasteiger partial charge in [-0.2, -0.15) is 0 Å². The van der Waals surface area contributed by atoms with Gasteiger partial charge >= 0.3 is 0 Å². The summed E-state index contributed by atoms with van der Waals surface area (Å²) < 4.78 is 0. The third-order valence-electron chi connectivity index (χ3n) is 10.1. The van der Waals surface area contributed by atoms with E-state index in [0.717, 1.165) is 11.1 Å². The van der Waals surface area contributed by atoms with Crippen molar-refractivity contribution in [1.82, 2.24) is 0 Å². The minimum Gasteiger partial charge on any atom is -0.289 e. The summed E-state index contributed by atoms with van der Waals surface area (Å²) in [7, 11) is -3.66. The lowest BCUT2D eigenvalue weighted by Gasteiger charge is -2.22. The fraction of sp³-hybridized carbons (Fsp3) is 0.0976. The molecule has 0 fully saturated rings. The molecule has 0 amide bonds. The van der Waals surface area contributed by atoms with E-state index in [1.165, 1.54) is 65.3 Å². The van der Waals surface area contributed by atoms with E-state index in [-0.39, 0.29) is 5.78 Å². The van der Waals surface area contributed by atoms with Crippen molar-refractivity contribution in [2.45, 2.75) is 26.2 Å². The first-order chi connectivity index (χ1) is 21.3. The van der Waals surface area contributed by atoms with E-state index in [2.05, 4.69) is 135 Å². The Balaban J connectivity index is 1.09. The number of carbonyl (C=O) groups is 1. The normalized spacial score (nSPS) is 14.8. The fourth-order valence-corrected chi connectivity index (χ4v) is 14.9. The van der Waals surface area contributed by atoms with Crippen LogP contribution in [0.25, 0.3) is 44.5 Å². The molecule has 1 nitrogen and oxygen atoms in total. The number of rotatable bonds is 4. The maximum Gasteiger partial charge on any atom is 0.193 e. The molecule has 6 aromatic rings. The topological polar surface area (TPSA) is 17.1 Å². The van der Waals surface area contributed by atoms with Crippen LogP contribution in [-0.2, 0) is 0 Å². The number of hydrogen-bond donors (Lipinski definition) is 0. The molecule has 0 spiro atoms. The molecule has 0 aliphatic carbocycles. The SMILES string of the molecule is C[Si]1(C)c2ccccc2-c2cccc(-c3ccc(C(=O)c4ccc(-c5cccc6c5[Si](C)(C)c5ccccc5-6)cc4)cc3)c21. The molecule has 0 N–H and O–H groups in total. The van der Waals surface area contributed by atoms with Crippen LogP contribution in [0.2, 0.25) is 26.2 Å². The van der Waals surface area contributed by atoms with Gasteiger partial charge in [-0.25, -0.2) is 0 Å². The average Bonchev–Trinajstić information content (AvgIpc) is 3.45. The summed E-state index contributed by atoms with van der Waals surface area (Å²) in [6.07, 6.45) is 0. The molecule has 2 aliphatic rings. The summed E-state index contributed by atoms with van der Waals surface area (Å²) in [5.74, 6) is 0.0592. The lowest BCUT2D eigenvalue weighted by atomic mass is 9.95. The first-order valence-corrected chi connectivity index (χ1v) is 21.5. The second-order valence-electron chi connectivity index (χ2n) is 13.3. The second-order valence-corrected chi connectivity index (χ2v) is 21.9. The van der Waals surface area contributed by atoms with Crippen LogP contribution in [-0.4, -0.2) is 21.9 Å². The average molecular weight is 599 g/mol. The van der Waals surface area contributed by atoms with Crippen molar-refractivity contribution in [3.63, 3.8) is 0 Å². The molecule has 6 aromatic carbocycles. The maximum absolute atomic E-state index is 13.6. The van der Waals surface area contributed by atoms with Crippen molar-refractivity contribution >= 4 is 42.7 Å². The predicted octanol–water partition coefficient (Wildman–Crippen LogP) is 7.86. The van der Waals surface area contributed by atoms with Crippen LogP contribution < -0.4 is 20.7 Å². The molecule has 8 rings (SSSR count). The van der Waals surface area contributed by atoms with Gasteiger partial charge in [0.05, 0.1) is 0 Å². The lowest BCUT2D eigenvalue weighted by molar-refractivity contribution is 0.103. The van der Waals surface area contributed by atoms with Crippen molar-refractivity contribution in [2.75, 3.05) is 0 Å². The molecule has 0 bridgehead atoms. The zero-order valence-corrected chi connectivity index (χ0v) is 27.6. The third kappa shape index (κ3) is 3.86. The van der Waals surface area contributed by atoms with E-state index in [1.54, 1.807) is 0 Å². The Bertz CT molecular complexity index is 1970. The predicted molar refractivity (Wildman–Crippen MR) is 192 cm³/mol. The molecule has 0 aromatic heterocycles. The molecular weight excluding hydrogens is 565 g/mol. The third-order valence-corrected chi connectivity index (χ3v) is 17.2. The van der Waals surface area contributed by atoms with Crippen molar-refractivity contribution in [1.29, 1.82) is 0 Å². The summed E-state index contributed by atoms with van der Waals surface area (Å²) in [4.78, 5) is 13.6. The van der Waals surface area contributed by atoms with Crippen molar-refractivity contribution < 1.29 is 4.79 Å². The Hall–Kier alpha value is -4.58. The highest BCUT2D eigenvalue weighted by Gasteiger charge is 2.40. The van der Waals surface area contributed by atoms with Crippen LogP contribution in [0, 0.1) is 0 Å². The van der Waals surface area contributed by atoms with E-state index in [9.17, 15) is 4.79 Å². The summed E-state index contributed by atoms with van der Waals surface area (Å²) in [5.41, 5.74) is 11.9. The van der Waals surface area contributed by atoms with E-state index >= 15 is 0 Å². The highest BCUT2D eigenvalue weighted by molar-refractivity contribution is 7.05. The van der Waals surface area contributed by atoms with Crippen LogP contribution in [0.15, 0.2) is 133 Å². The van der Waals surface area contributed by atoms with Gasteiger partial charge in [-0.1, -0.05) is 160 Å². The minimum atomic E-state index is -1.83. The van der Waals surface area contributed by atoms with Gasteiger partial charge in [0, 0.05) is 11.1 Å². The first-order valence-electron chi connectivity index (χ1n) is 15.5. The van der Waals surface area contributed by atoms with Gasteiger partial charge < -0.3 is 0 Å². The Morgan fingerprint density at radius 2 is 0.727 bits per heavy atom. The Labute approximate surface area is 261 Å². The van der Waals surface area contributed by atoms with Gasteiger partial charge in [0.2, 0.25) is 0 Å². The van der Waals surface area contributed by atoms with Gasteiger partial charge in [-0.05, 0) is 65.3 Å². The lowest BCUT2D eigenvalue weighted by Crippen LogP contribution is -2.50. The quantitative estimate of drug-likeness (QED) is 0.149. The van der Waals surface area contributed by atoms with Crippen LogP contribution >= 0.6 is 0 Å². The molecular formula is C41H34OSi2. The van der Waals surface area contributed by atoms with E-state index < -0.39 is 16.1 Å². The molecule has 3 heteroatoms. The summed E-state index contributed by atoms with van der Waals surface area (Å²) in [6.45, 7) is 9.81. The fourth-order valence-electron chi connectivity index (χ4n) is 7.95. The van der Waals surface area contributed by atoms with E-state index in [4.69, 9.17) is 0 Å². The van der Waals surface area contributed by atoms with Crippen LogP contribution in [0.5, 0.6) is 0 Å². The number of benzene rings is 6. The highest BCUT2D eigenvalue weighted by atomic mass is 28.3. The summed E-state index contributed by atoms with van der Waals surface area (Å²) >= 11 is 0. The van der Waals surface area contributed by atoms with Crippen LogP contribution in [0.3, 0.4) is 0 Å². The van der Waals surface area contributed by atoms with E-state index in [1.807, 2.05) is 24.3 Å². The maximum atomic E-state index is 13.6. The number of ketones is 1. The molecule has 2 heterocycles. The van der Waals surface area contributed by atoms with Gasteiger partial charge in [0.25, 0.3) is 0 Å². The molecule has 0 unspecified atom stereocenters. The smallest absolute Gasteiger partial charge is 0.193 e. The molecule has 0 saturated heterocycles. The number of hydrogen-bond acceptors (Lipinski definition) is 1. The van der Waals surface area contributed by atoms with Crippen LogP contribution in [0.4, 0.5) is 0 Å². The van der Waals surface area contributed by atoms with Gasteiger partial charge in [-0.3, -0.25) is 4.79 Å². The minimum absolute atomic E-state index is 0.0592. The Morgan fingerprint density at radius 1 is 0.386 bits per heavy atom. The van der Waals surface area contributed by atoms with Crippen LogP contribution in [0.1, 0.15) is 15.9 Å². The Kier molecular flexibility index (Phi) is 5.96. The molecule has 44 heavy (non-hydrogen) atoms. The first kappa shape index (κ1) is 27.0. The number of fused-ring (bicyclic) bond motifs is 6. The standard InChI is InChI=1S/C41H34OSi2/c1-43(2)37-17-7-5-11-33(37)35-15-9-13-31(40(35)43)27-19-23-29(24-20-27)39(42)30-25-21-28(22-26-30)32-14-10-16-36-34-12-6-8-18-38(34)44(3,4)41(32)36/h5-26H,1-4H3. The monoisotopic (exact) mass is 598 g/mol. The largest absolute Gasteiger partial charge is 0.289 e. The highest BCUT2D eigenvalue weighted by Crippen LogP contribution is 2.35. The molecule has 0 saturated carbocycles. The van der Waals surface area contributed by atoms with E-state index in [0.29, 0.717) is 0 Å². The van der Waals surface area contributed by atoms with Gasteiger partial charge in [0.15, 0.2) is 5.78 Å². The summed E-state index contributed by atoms with van der Waals surface area (Å²) in [6, 6.07) is 47.7. The van der Waals surface area contributed by atoms with Crippen molar-refractivity contribution in [3.05, 3.63) is 145 Å². The zero-order valence-electron chi connectivity index (χ0n) is 25.6. The Morgan fingerprint density at radius 3 is 1.14 bits per heavy atom. The van der Waals surface area contributed by atoms with Gasteiger partial charge in [-0.15, -0.1) is 0 Å². The molecule has 0 radical (unpaired) electrons. The van der Waals surface area contributed by atoms with Crippen molar-refractivity contribution in [3.8, 4) is 44.5 Å². The summed E-state index contributed by atoms with van der Waals surface area (Å²) in [5, 5.41) is 6.01. The molecule has 212 valence electrons. The molecule has 2 aliphatic heterocycles. The van der Waals surface area contributed by atoms with Gasteiger partial charge in [0.1, 0.15) is 16.1 Å². The zero-order chi connectivity index (χ0) is 30.2. The molecule has 0 atom stereocenters. The van der Waals surface area contributed by atoms with Crippen molar-refractivity contribution in [2.24, 2.45) is 0 Å². The second kappa shape index (κ2) is 9.72. The number of carbonyl (C=O) groups excluding carboxylic acids is 1.